The Kier molecular flexibility index (Phi) is 37.3. The number of nitrogens with zero attached hydrogens (tertiary/aromatic N) is 4. The van der Waals surface area contributed by atoms with E-state index >= 15 is 0 Å². The number of aliphatic hydroxyl groups excluding tert-OH is 1. The lowest BCUT2D eigenvalue weighted by atomic mass is 10.1. The van der Waals surface area contributed by atoms with Crippen molar-refractivity contribution in [3.8, 4) is 28.7 Å². The number of nitrogens with one attached hydrogen (secondary N) is 1. The van der Waals surface area contributed by atoms with Gasteiger partial charge in [-0.3, -0.25) is 33.6 Å². The summed E-state index contributed by atoms with van der Waals surface area (Å²) in [5.41, 5.74) is 10.7. The Balaban J connectivity index is 0.000000258. The smallest absolute Gasteiger partial charge is 0.333 e. The van der Waals surface area contributed by atoms with E-state index in [-0.39, 0.29) is 103 Å². The number of carbonyl (C=O) groups is 9. The maximum Gasteiger partial charge on any atom is 0.333 e. The Morgan fingerprint density at radius 3 is 1.17 bits per heavy atom. The zero-order chi connectivity index (χ0) is 76.0. The topological polar surface area (TPSA) is 299 Å². The lowest BCUT2D eigenvalue weighted by Crippen LogP contribution is -2.26. The maximum atomic E-state index is 12.2. The molecular formula is C75H92F4N6O18. The molecule has 5 aliphatic heterocycles. The van der Waals surface area contributed by atoms with Crippen molar-refractivity contribution in [1.82, 2.24) is 24.9 Å². The van der Waals surface area contributed by atoms with Crippen LogP contribution in [0.3, 0.4) is 0 Å². The number of aliphatic hydroxyl groups is 1. The lowest BCUT2D eigenvalue weighted by Gasteiger charge is -2.16. The van der Waals surface area contributed by atoms with Crippen molar-refractivity contribution in [1.29, 1.82) is 0 Å². The van der Waals surface area contributed by atoms with Crippen molar-refractivity contribution in [3.63, 3.8) is 0 Å². The lowest BCUT2D eigenvalue weighted by molar-refractivity contribution is -0.145. The van der Waals surface area contributed by atoms with Crippen LogP contribution < -0.4 is 34.7 Å². The molecule has 5 saturated heterocycles. The molecule has 103 heavy (non-hydrogen) atoms. The van der Waals surface area contributed by atoms with E-state index in [1.807, 2.05) is 121 Å². The first-order valence-electron chi connectivity index (χ1n) is 32.6. The monoisotopic (exact) mass is 1440 g/mol. The highest BCUT2D eigenvalue weighted by atomic mass is 19.3. The van der Waals surface area contributed by atoms with Crippen LogP contribution in [0.1, 0.15) is 66.3 Å². The third-order valence-electron chi connectivity index (χ3n) is 16.3. The number of esters is 3. The largest absolute Gasteiger partial charge is 0.497 e. The van der Waals surface area contributed by atoms with E-state index in [0.717, 1.165) is 75.0 Å². The third kappa shape index (κ3) is 30.6. The minimum absolute atomic E-state index is 0.00813. The van der Waals surface area contributed by atoms with Gasteiger partial charge in [-0.2, -0.15) is 17.6 Å². The first-order valence-corrected chi connectivity index (χ1v) is 32.6. The van der Waals surface area contributed by atoms with Crippen LogP contribution in [0.25, 0.3) is 0 Å². The molecule has 5 fully saturated rings. The van der Waals surface area contributed by atoms with Gasteiger partial charge in [0, 0.05) is 133 Å². The predicted octanol–water partition coefficient (Wildman–Crippen LogP) is 8.65. The zero-order valence-corrected chi connectivity index (χ0v) is 59.2. The van der Waals surface area contributed by atoms with Crippen LogP contribution in [-0.2, 0) is 90.1 Å². The number of ether oxygens (including phenoxy) is 8. The van der Waals surface area contributed by atoms with Gasteiger partial charge in [0.05, 0.1) is 69.2 Å². The molecule has 558 valence electrons. The van der Waals surface area contributed by atoms with Crippen LogP contribution >= 0.6 is 0 Å². The standard InChI is InChI=1S/C14H15F2NO2.C14H17NO4.C13H17NO3.C13H15NO3.C8H11NO.C7H10O4.C6H7F2NO/c1-19-12-4-2-10(3-5-12)8-17-9-11(6-13(15)16)7-14(17)18;1-18-12-5-3-10(4-6-12)8-15-9-11(7-13(15)16)14(17)19-2;2*1-17-12-4-2-10(3-5-12)7-14-8-11(9-15)6-13(14)16;1-10-8-4-2-7(6-9)3-5-8;1-5(7(9)11-3)4-6(8)10-2;7-5(8)1-4-2-6(10)9-3-4/h2-6,11H,7-9H2,1H3;3-6,11H,7-9H2,1-2H3;2-5,11,15H,6-9H2,1H3;2-5,9,11H,6-8H2,1H3;2-5H,6,9H2,1H3;1,4H2,2-3H3;1,4H,2-3H2,(H,9,10). The molecule has 0 saturated carbocycles. The molecule has 5 aliphatic rings. The van der Waals surface area contributed by atoms with Crippen molar-refractivity contribution in [3.05, 3.63) is 186 Å². The molecule has 0 spiro atoms. The fraction of sp³-hybridized carbons (Fsp3) is 0.400. The summed E-state index contributed by atoms with van der Waals surface area (Å²) in [5, 5.41) is 11.5. The quantitative estimate of drug-likeness (QED) is 0.0192. The Labute approximate surface area is 597 Å². The average Bonchev–Trinajstić information content (AvgIpc) is 1.74. The minimum atomic E-state index is -1.72. The number of aldehydes is 1. The molecule has 5 heterocycles. The van der Waals surface area contributed by atoms with Gasteiger partial charge in [0.2, 0.25) is 29.5 Å². The summed E-state index contributed by atoms with van der Waals surface area (Å²) >= 11 is 0. The van der Waals surface area contributed by atoms with Crippen LogP contribution in [0.4, 0.5) is 17.6 Å². The molecule has 0 aromatic heterocycles. The molecule has 10 rings (SSSR count). The summed E-state index contributed by atoms with van der Waals surface area (Å²) < 4.78 is 86.0. The van der Waals surface area contributed by atoms with E-state index in [4.69, 9.17) is 34.5 Å². The second-order valence-electron chi connectivity index (χ2n) is 23.8. The first-order chi connectivity index (χ1) is 49.3. The summed E-state index contributed by atoms with van der Waals surface area (Å²) in [6, 6.07) is 37.9. The number of methoxy groups -OCH3 is 8. The summed E-state index contributed by atoms with van der Waals surface area (Å²) in [6.07, 6.45) is 0.407. The van der Waals surface area contributed by atoms with Gasteiger partial charge >= 0.3 is 17.9 Å². The van der Waals surface area contributed by atoms with Gasteiger partial charge in [-0.1, -0.05) is 67.2 Å². The Bertz CT molecular complexity index is 3570. The van der Waals surface area contributed by atoms with E-state index in [1.54, 1.807) is 55.1 Å². The fourth-order valence-electron chi connectivity index (χ4n) is 10.6. The molecule has 5 atom stereocenters. The molecule has 24 nitrogen and oxygen atoms in total. The summed E-state index contributed by atoms with van der Waals surface area (Å²) in [7, 11) is 11.9. The van der Waals surface area contributed by atoms with Gasteiger partial charge in [0.25, 0.3) is 12.2 Å². The second kappa shape index (κ2) is 45.3. The minimum Gasteiger partial charge on any atom is -0.497 e. The van der Waals surface area contributed by atoms with E-state index < -0.39 is 24.1 Å². The maximum absolute atomic E-state index is 12.2. The number of likely N-dealkylation sites (tertiary alicyclic amines) is 4. The molecule has 5 aromatic rings. The zero-order valence-electron chi connectivity index (χ0n) is 59.2. The van der Waals surface area contributed by atoms with Crippen LogP contribution in [0.5, 0.6) is 28.7 Å². The number of rotatable bonds is 22. The highest BCUT2D eigenvalue weighted by molar-refractivity contribution is 5.93. The van der Waals surface area contributed by atoms with Gasteiger partial charge in [0.15, 0.2) is 0 Å². The third-order valence-corrected chi connectivity index (χ3v) is 16.3. The van der Waals surface area contributed by atoms with Crippen molar-refractivity contribution in [2.75, 3.05) is 96.2 Å². The van der Waals surface area contributed by atoms with E-state index in [1.165, 1.54) is 21.3 Å². The first kappa shape index (κ1) is 84.8. The van der Waals surface area contributed by atoms with Gasteiger partial charge in [-0.05, 0) is 101 Å². The van der Waals surface area contributed by atoms with Crippen LogP contribution in [0.15, 0.2) is 158 Å². The van der Waals surface area contributed by atoms with Crippen molar-refractivity contribution in [2.24, 2.45) is 35.3 Å². The molecule has 0 radical (unpaired) electrons. The van der Waals surface area contributed by atoms with E-state index in [0.29, 0.717) is 78.3 Å². The van der Waals surface area contributed by atoms with Gasteiger partial charge in [0.1, 0.15) is 35.0 Å². The Hall–Kier alpha value is -10.6. The number of benzene rings is 5. The molecular weight excluding hydrogens is 1350 g/mol. The number of amides is 5. The highest BCUT2D eigenvalue weighted by Crippen LogP contribution is 2.27. The SMILES string of the molecule is C=C(CC(=O)OC)C(=O)OC.COC(=O)C1CC(=O)N(Cc2ccc(OC)cc2)C1.COc1ccc(CN)cc1.COc1ccc(CN2CC(C=C(F)F)CC2=O)cc1.COc1ccc(CN2CC(C=O)CC2=O)cc1.COc1ccc(CN2CC(CO)CC2=O)cc1.O=C1CC(C=C(F)F)CN1. The number of halogens is 4. The van der Waals surface area contributed by atoms with Crippen LogP contribution in [-0.4, -0.2) is 175 Å². The molecule has 5 amide bonds. The number of carbonyl (C=O) groups excluding carboxylic acids is 9. The van der Waals surface area contributed by atoms with Gasteiger partial charge in [-0.15, -0.1) is 0 Å². The summed E-state index contributed by atoms with van der Waals surface area (Å²) in [4.78, 5) is 107. The van der Waals surface area contributed by atoms with Crippen molar-refractivity contribution >= 4 is 53.7 Å². The van der Waals surface area contributed by atoms with Gasteiger partial charge in [-0.25, -0.2) is 4.79 Å². The molecule has 0 bridgehead atoms. The van der Waals surface area contributed by atoms with E-state index in [2.05, 4.69) is 26.1 Å². The summed E-state index contributed by atoms with van der Waals surface area (Å²) in [6.45, 7) is 8.45. The Morgan fingerprint density at radius 1 is 0.485 bits per heavy atom. The van der Waals surface area contributed by atoms with Crippen molar-refractivity contribution in [2.45, 2.75) is 71.2 Å². The summed E-state index contributed by atoms with van der Waals surface area (Å²) in [5.74, 6) is 1.48. The molecule has 28 heteroatoms. The normalized spacial score (nSPS) is 17.5. The molecule has 5 unspecified atom stereocenters. The second-order valence-corrected chi connectivity index (χ2v) is 23.8. The highest BCUT2D eigenvalue weighted by Gasteiger charge is 2.35. The fourth-order valence-corrected chi connectivity index (χ4v) is 10.6. The predicted molar refractivity (Wildman–Crippen MR) is 372 cm³/mol. The number of hydrogen-bond donors (Lipinski definition) is 3. The molecule has 0 aliphatic carbocycles. The molecule has 5 aromatic carbocycles. The van der Waals surface area contributed by atoms with Crippen LogP contribution in [0.2, 0.25) is 0 Å². The van der Waals surface area contributed by atoms with E-state index in [9.17, 15) is 60.7 Å². The van der Waals surface area contributed by atoms with Crippen molar-refractivity contribution < 1.29 is 104 Å². The number of hydrogen-bond acceptors (Lipinski definition) is 19. The molecule has 4 N–H and O–H groups in total. The van der Waals surface area contributed by atoms with Crippen LogP contribution in [0, 0.1) is 29.6 Å². The number of nitrogens with two attached hydrogens (primary N) is 1. The average molecular weight is 1440 g/mol. The Morgan fingerprint density at radius 2 is 0.845 bits per heavy atom. The van der Waals surface area contributed by atoms with Gasteiger partial charge < -0.3 is 78.4 Å².